The van der Waals surface area contributed by atoms with Crippen molar-refractivity contribution in [1.82, 2.24) is 9.55 Å². The number of hydrogen-bond acceptors (Lipinski definition) is 5. The van der Waals surface area contributed by atoms with Crippen LogP contribution >= 0.6 is 0 Å². The quantitative estimate of drug-likeness (QED) is 0.310. The molecule has 0 aliphatic heterocycles. The molecule has 1 aromatic heterocycles. The Labute approximate surface area is 198 Å². The predicted octanol–water partition coefficient (Wildman–Crippen LogP) is 3.61. The molecule has 3 rings (SSSR count). The molecule has 8 heteroatoms. The van der Waals surface area contributed by atoms with Gasteiger partial charge in [-0.15, -0.1) is 0 Å². The van der Waals surface area contributed by atoms with Crippen molar-refractivity contribution in [2.24, 2.45) is 11.7 Å². The number of aliphatic hydroxyl groups excluding tert-OH is 1. The molecule has 1 heterocycles. The second-order valence-electron chi connectivity index (χ2n) is 8.53. The molecule has 8 nitrogen and oxygen atoms in total. The summed E-state index contributed by atoms with van der Waals surface area (Å²) < 4.78 is 1.75. The third-order valence-electron chi connectivity index (χ3n) is 5.66. The van der Waals surface area contributed by atoms with Crippen LogP contribution in [0.5, 0.6) is 0 Å². The zero-order valence-electron chi connectivity index (χ0n) is 19.5. The molecular weight excluding hydrogens is 434 g/mol. The number of Topliss-reactive ketones (excluding diaryl/α,β-unsaturated/α-hetero) is 1. The minimum atomic E-state index is -1.51. The number of rotatable bonds is 10. The van der Waals surface area contributed by atoms with Crippen LogP contribution in [-0.2, 0) is 17.8 Å². The fourth-order valence-corrected chi connectivity index (χ4v) is 3.91. The normalized spacial score (nSPS) is 12.0. The van der Waals surface area contributed by atoms with Gasteiger partial charge in [0.1, 0.15) is 23.3 Å². The Morgan fingerprint density at radius 2 is 1.71 bits per heavy atom. The van der Waals surface area contributed by atoms with Gasteiger partial charge in [0, 0.05) is 18.5 Å². The Morgan fingerprint density at radius 1 is 1.06 bits per heavy atom. The van der Waals surface area contributed by atoms with E-state index >= 15 is 0 Å². The Kier molecular flexibility index (Phi) is 7.63. The number of nitrogens with two attached hydrogens (primary N) is 1. The molecule has 178 valence electrons. The van der Waals surface area contributed by atoms with Gasteiger partial charge in [-0.2, -0.15) is 0 Å². The van der Waals surface area contributed by atoms with Crippen molar-refractivity contribution in [2.45, 2.75) is 46.3 Å². The molecule has 0 bridgehead atoms. The number of hydrogen-bond donors (Lipinski definition) is 3. The van der Waals surface area contributed by atoms with E-state index in [-0.39, 0.29) is 17.2 Å². The molecule has 3 aromatic rings. The Hall–Kier alpha value is -3.78. The van der Waals surface area contributed by atoms with Crippen molar-refractivity contribution in [3.63, 3.8) is 0 Å². The third-order valence-corrected chi connectivity index (χ3v) is 5.66. The van der Waals surface area contributed by atoms with Gasteiger partial charge in [-0.1, -0.05) is 69.3 Å². The van der Waals surface area contributed by atoms with Gasteiger partial charge >= 0.3 is 5.97 Å². The molecule has 0 aliphatic carbocycles. The van der Waals surface area contributed by atoms with Crippen molar-refractivity contribution in [2.75, 3.05) is 0 Å². The van der Waals surface area contributed by atoms with E-state index in [1.54, 1.807) is 34.9 Å². The van der Waals surface area contributed by atoms with Gasteiger partial charge in [0.25, 0.3) is 11.7 Å². The summed E-state index contributed by atoms with van der Waals surface area (Å²) >= 11 is 0. The van der Waals surface area contributed by atoms with Crippen molar-refractivity contribution in [3.8, 4) is 11.1 Å². The average molecular weight is 464 g/mol. The van der Waals surface area contributed by atoms with Crippen LogP contribution in [0, 0.1) is 5.92 Å². The number of aliphatic carboxylic acids is 1. The number of carboxylic acid groups (broad SMARTS) is 1. The maximum absolute atomic E-state index is 12.3. The Bertz CT molecular complexity index is 1210. The lowest BCUT2D eigenvalue weighted by molar-refractivity contribution is -0.131. The minimum absolute atomic E-state index is 0.117. The van der Waals surface area contributed by atoms with Crippen LogP contribution in [-0.4, -0.2) is 37.4 Å². The zero-order valence-corrected chi connectivity index (χ0v) is 19.5. The van der Waals surface area contributed by atoms with E-state index in [2.05, 4.69) is 4.98 Å². The van der Waals surface area contributed by atoms with E-state index in [1.807, 2.05) is 32.9 Å². The number of carbonyl (C=O) groups excluding carboxylic acids is 2. The molecule has 1 unspecified atom stereocenters. The van der Waals surface area contributed by atoms with E-state index in [0.717, 1.165) is 12.0 Å². The second kappa shape index (κ2) is 10.4. The van der Waals surface area contributed by atoms with Crippen LogP contribution in [0.2, 0.25) is 0 Å². The lowest BCUT2D eigenvalue weighted by Crippen LogP contribution is -2.22. The lowest BCUT2D eigenvalue weighted by atomic mass is 9.96. The van der Waals surface area contributed by atoms with E-state index in [9.17, 15) is 19.5 Å². The molecular formula is C26H29N3O5. The van der Waals surface area contributed by atoms with Crippen LogP contribution in [0.15, 0.2) is 48.5 Å². The lowest BCUT2D eigenvalue weighted by Gasteiger charge is -2.15. The van der Waals surface area contributed by atoms with E-state index in [1.165, 1.54) is 6.07 Å². The topological polar surface area (TPSA) is 136 Å². The monoisotopic (exact) mass is 463 g/mol. The van der Waals surface area contributed by atoms with Crippen LogP contribution in [0.3, 0.4) is 0 Å². The predicted molar refractivity (Wildman–Crippen MR) is 127 cm³/mol. The SMILES string of the molecule is CCCc1nc(C(O)C(C)C)c(C(N)=O)n1Cc1ccc(-c2ccccc2C(=O)C(=O)O)cc1. The fraction of sp³-hybridized carbons (Fsp3) is 0.308. The summed E-state index contributed by atoms with van der Waals surface area (Å²) in [6, 6.07) is 13.8. The number of carbonyl (C=O) groups is 3. The van der Waals surface area contributed by atoms with Crippen LogP contribution in [0.1, 0.15) is 71.2 Å². The summed E-state index contributed by atoms with van der Waals surface area (Å²) in [5, 5.41) is 19.7. The number of amides is 1. The molecule has 0 saturated heterocycles. The molecule has 0 saturated carbocycles. The first-order chi connectivity index (χ1) is 16.1. The summed E-state index contributed by atoms with van der Waals surface area (Å²) in [6.45, 7) is 6.02. The molecule has 0 radical (unpaired) electrons. The maximum atomic E-state index is 12.3. The van der Waals surface area contributed by atoms with Crippen LogP contribution < -0.4 is 5.73 Å². The molecule has 0 spiro atoms. The highest BCUT2D eigenvalue weighted by atomic mass is 16.4. The van der Waals surface area contributed by atoms with Crippen molar-refractivity contribution in [1.29, 1.82) is 0 Å². The third kappa shape index (κ3) is 5.07. The van der Waals surface area contributed by atoms with Gasteiger partial charge in [0.2, 0.25) is 0 Å². The molecule has 2 aromatic carbocycles. The summed E-state index contributed by atoms with van der Waals surface area (Å²) in [5.74, 6) is -2.59. The van der Waals surface area contributed by atoms with Gasteiger partial charge in [-0.25, -0.2) is 9.78 Å². The number of carboxylic acids is 1. The number of benzene rings is 2. The van der Waals surface area contributed by atoms with Gasteiger partial charge in [-0.05, 0) is 29.0 Å². The summed E-state index contributed by atoms with van der Waals surface area (Å²) in [4.78, 5) is 40.2. The zero-order chi connectivity index (χ0) is 25.0. The fourth-order valence-electron chi connectivity index (χ4n) is 3.91. The number of imidazole rings is 1. The highest BCUT2D eigenvalue weighted by molar-refractivity contribution is 6.41. The summed E-state index contributed by atoms with van der Waals surface area (Å²) in [6.07, 6.45) is 0.512. The smallest absolute Gasteiger partial charge is 0.377 e. The second-order valence-corrected chi connectivity index (χ2v) is 8.53. The van der Waals surface area contributed by atoms with Gasteiger partial charge < -0.3 is 20.5 Å². The molecule has 1 amide bonds. The first-order valence-electron chi connectivity index (χ1n) is 11.2. The highest BCUT2D eigenvalue weighted by Crippen LogP contribution is 2.28. The highest BCUT2D eigenvalue weighted by Gasteiger charge is 2.27. The minimum Gasteiger partial charge on any atom is -0.475 e. The molecule has 1 atom stereocenters. The van der Waals surface area contributed by atoms with E-state index in [4.69, 9.17) is 10.8 Å². The van der Waals surface area contributed by atoms with Gasteiger partial charge in [0.05, 0.1) is 0 Å². The molecule has 4 N–H and O–H groups in total. The van der Waals surface area contributed by atoms with E-state index < -0.39 is 23.8 Å². The maximum Gasteiger partial charge on any atom is 0.377 e. The number of primary amides is 1. The number of aryl methyl sites for hydroxylation is 1. The molecule has 34 heavy (non-hydrogen) atoms. The summed E-state index contributed by atoms with van der Waals surface area (Å²) in [7, 11) is 0. The Morgan fingerprint density at radius 3 is 2.26 bits per heavy atom. The van der Waals surface area contributed by atoms with Gasteiger partial charge in [-0.3, -0.25) is 9.59 Å². The first-order valence-corrected chi connectivity index (χ1v) is 11.2. The van der Waals surface area contributed by atoms with Crippen molar-refractivity contribution < 1.29 is 24.6 Å². The first kappa shape index (κ1) is 24.9. The average Bonchev–Trinajstić information content (AvgIpc) is 3.16. The molecule has 0 fully saturated rings. The number of aromatic nitrogens is 2. The van der Waals surface area contributed by atoms with Crippen LogP contribution in [0.4, 0.5) is 0 Å². The van der Waals surface area contributed by atoms with Gasteiger partial charge in [0.15, 0.2) is 0 Å². The van der Waals surface area contributed by atoms with Crippen molar-refractivity contribution >= 4 is 17.7 Å². The number of aliphatic hydroxyl groups is 1. The number of ketones is 1. The van der Waals surface area contributed by atoms with E-state index in [0.29, 0.717) is 35.6 Å². The standard InChI is InChI=1S/C26H29N3O5/c1-4-7-20-28-21(23(30)15(2)3)22(25(27)32)29(20)14-16-10-12-17(13-11-16)18-8-5-6-9-19(18)24(31)26(33)34/h5-6,8-13,15,23,30H,4,7,14H2,1-3H3,(H2,27,32)(H,33,34). The van der Waals surface area contributed by atoms with Crippen molar-refractivity contribution in [3.05, 3.63) is 76.9 Å². The summed E-state index contributed by atoms with van der Waals surface area (Å²) in [5.41, 5.74) is 8.38. The molecule has 0 aliphatic rings. The largest absolute Gasteiger partial charge is 0.475 e. The number of nitrogens with zero attached hydrogens (tertiary/aromatic N) is 2. The van der Waals surface area contributed by atoms with Crippen LogP contribution in [0.25, 0.3) is 11.1 Å². The Balaban J connectivity index is 2.00.